The first-order valence-corrected chi connectivity index (χ1v) is 8.58. The van der Waals surface area contributed by atoms with Crippen molar-refractivity contribution in [2.24, 2.45) is 5.10 Å². The van der Waals surface area contributed by atoms with E-state index in [4.69, 9.17) is 17.0 Å². The van der Waals surface area contributed by atoms with Gasteiger partial charge in [-0.3, -0.25) is 0 Å². The molecule has 122 valence electrons. The number of hydrogen-bond acceptors (Lipinski definition) is 4. The zero-order valence-corrected chi connectivity index (χ0v) is 15.3. The lowest BCUT2D eigenvalue weighted by Gasteiger charge is -2.03. The predicted octanol–water partition coefficient (Wildman–Crippen LogP) is 4.65. The van der Waals surface area contributed by atoms with Gasteiger partial charge in [0.25, 0.3) is 0 Å². The fourth-order valence-electron chi connectivity index (χ4n) is 2.15. The highest BCUT2D eigenvalue weighted by Crippen LogP contribution is 2.21. The normalized spacial score (nSPS) is 11.1. The van der Waals surface area contributed by atoms with Crippen molar-refractivity contribution in [3.8, 4) is 17.1 Å². The van der Waals surface area contributed by atoms with Gasteiger partial charge in [-0.25, -0.2) is 5.10 Å². The molecule has 0 aliphatic heterocycles. The van der Waals surface area contributed by atoms with Crippen molar-refractivity contribution >= 4 is 34.4 Å². The van der Waals surface area contributed by atoms with Crippen LogP contribution in [0.1, 0.15) is 12.5 Å². The van der Waals surface area contributed by atoms with Crippen LogP contribution in [0.15, 0.2) is 58.1 Å². The number of halogens is 1. The van der Waals surface area contributed by atoms with E-state index in [1.54, 1.807) is 10.9 Å². The summed E-state index contributed by atoms with van der Waals surface area (Å²) in [4.78, 5) is 0. The van der Waals surface area contributed by atoms with Crippen molar-refractivity contribution < 1.29 is 4.74 Å². The van der Waals surface area contributed by atoms with Gasteiger partial charge in [0.2, 0.25) is 4.77 Å². The van der Waals surface area contributed by atoms with Gasteiger partial charge in [-0.15, -0.1) is 0 Å². The van der Waals surface area contributed by atoms with Crippen LogP contribution >= 0.6 is 28.1 Å². The summed E-state index contributed by atoms with van der Waals surface area (Å²) in [5, 5.41) is 11.5. The van der Waals surface area contributed by atoms with E-state index in [0.29, 0.717) is 17.2 Å². The number of nitrogens with one attached hydrogen (secondary N) is 1. The summed E-state index contributed by atoms with van der Waals surface area (Å²) >= 11 is 8.74. The van der Waals surface area contributed by atoms with E-state index in [-0.39, 0.29) is 0 Å². The van der Waals surface area contributed by atoms with Crippen LogP contribution < -0.4 is 4.74 Å². The van der Waals surface area contributed by atoms with Crippen molar-refractivity contribution in [1.82, 2.24) is 14.9 Å². The Labute approximate surface area is 153 Å². The van der Waals surface area contributed by atoms with Gasteiger partial charge in [0.15, 0.2) is 5.82 Å². The lowest BCUT2D eigenvalue weighted by atomic mass is 10.2. The van der Waals surface area contributed by atoms with Gasteiger partial charge in [0.05, 0.1) is 12.8 Å². The molecule has 0 aliphatic rings. The van der Waals surface area contributed by atoms with Gasteiger partial charge in [0, 0.05) is 10.0 Å². The average Bonchev–Trinajstić information content (AvgIpc) is 2.95. The maximum Gasteiger partial charge on any atom is 0.216 e. The van der Waals surface area contributed by atoms with E-state index < -0.39 is 0 Å². The molecule has 7 heteroatoms. The smallest absolute Gasteiger partial charge is 0.216 e. The summed E-state index contributed by atoms with van der Waals surface area (Å²) in [7, 11) is 0. The molecule has 0 amide bonds. The molecule has 0 atom stereocenters. The van der Waals surface area contributed by atoms with Crippen LogP contribution in [-0.2, 0) is 0 Å². The van der Waals surface area contributed by atoms with E-state index in [1.807, 2.05) is 55.5 Å². The molecule has 0 bridgehead atoms. The lowest BCUT2D eigenvalue weighted by molar-refractivity contribution is 0.340. The van der Waals surface area contributed by atoms with E-state index in [9.17, 15) is 0 Å². The fraction of sp³-hybridized carbons (Fsp3) is 0.118. The Morgan fingerprint density at radius 2 is 2.08 bits per heavy atom. The molecule has 0 fully saturated rings. The second-order valence-corrected chi connectivity index (χ2v) is 6.22. The number of rotatable bonds is 5. The minimum atomic E-state index is 0.437. The van der Waals surface area contributed by atoms with Gasteiger partial charge in [-0.05, 0) is 61.1 Å². The van der Waals surface area contributed by atoms with E-state index in [1.165, 1.54) is 0 Å². The minimum Gasteiger partial charge on any atom is -0.494 e. The van der Waals surface area contributed by atoms with E-state index >= 15 is 0 Å². The number of benzene rings is 2. The number of ether oxygens (including phenoxy) is 1. The van der Waals surface area contributed by atoms with Gasteiger partial charge in [0.1, 0.15) is 5.75 Å². The number of H-pyrrole nitrogens is 1. The van der Waals surface area contributed by atoms with E-state index in [2.05, 4.69) is 31.2 Å². The molecule has 24 heavy (non-hydrogen) atoms. The van der Waals surface area contributed by atoms with Crippen LogP contribution in [0.5, 0.6) is 5.75 Å². The van der Waals surface area contributed by atoms with Gasteiger partial charge >= 0.3 is 0 Å². The first kappa shape index (κ1) is 16.6. The van der Waals surface area contributed by atoms with Crippen LogP contribution in [0.3, 0.4) is 0 Å². The van der Waals surface area contributed by atoms with Crippen molar-refractivity contribution in [3.63, 3.8) is 0 Å². The Kier molecular flexibility index (Phi) is 5.22. The summed E-state index contributed by atoms with van der Waals surface area (Å²) in [6.45, 7) is 2.60. The zero-order chi connectivity index (χ0) is 16.9. The fourth-order valence-corrected chi connectivity index (χ4v) is 2.73. The lowest BCUT2D eigenvalue weighted by Crippen LogP contribution is -1.95. The summed E-state index contributed by atoms with van der Waals surface area (Å²) in [6.07, 6.45) is 1.74. The molecule has 0 saturated carbocycles. The Bertz CT molecular complexity index is 915. The molecule has 1 N–H and O–H groups in total. The maximum absolute atomic E-state index is 5.43. The molecule has 0 unspecified atom stereocenters. The van der Waals surface area contributed by atoms with Gasteiger partial charge in [-0.2, -0.15) is 14.9 Å². The summed E-state index contributed by atoms with van der Waals surface area (Å²) in [5.74, 6) is 1.49. The molecule has 3 rings (SSSR count). The Hall–Kier alpha value is -2.25. The Balaban J connectivity index is 1.90. The summed E-state index contributed by atoms with van der Waals surface area (Å²) in [6, 6.07) is 15.5. The number of aromatic nitrogens is 3. The molecule has 0 saturated heterocycles. The molecule has 1 heterocycles. The predicted molar refractivity (Wildman–Crippen MR) is 101 cm³/mol. The van der Waals surface area contributed by atoms with Crippen LogP contribution in [-0.4, -0.2) is 27.7 Å². The number of nitrogens with zero attached hydrogens (tertiary/aromatic N) is 3. The molecule has 3 aromatic rings. The molecule has 5 nitrogen and oxygen atoms in total. The largest absolute Gasteiger partial charge is 0.494 e. The Morgan fingerprint density at radius 1 is 1.29 bits per heavy atom. The molecular formula is C17H15BrN4OS. The van der Waals surface area contributed by atoms with Crippen LogP contribution in [0, 0.1) is 4.77 Å². The first-order chi connectivity index (χ1) is 11.7. The summed E-state index contributed by atoms with van der Waals surface area (Å²) < 4.78 is 8.44. The summed E-state index contributed by atoms with van der Waals surface area (Å²) in [5.41, 5.74) is 1.86. The third-order valence-electron chi connectivity index (χ3n) is 3.25. The van der Waals surface area contributed by atoms with Gasteiger partial charge in [-0.1, -0.05) is 28.1 Å². The standard InChI is InChI=1S/C17H15BrN4OS/c1-2-23-15-8-6-12(7-9-15)11-19-22-16(20-21-17(22)24)13-4-3-5-14(18)10-13/h3-11H,2H2,1H3,(H,21,24)/b19-11-. The molecule has 0 radical (unpaired) electrons. The third-order valence-corrected chi connectivity index (χ3v) is 4.00. The van der Waals surface area contributed by atoms with Gasteiger partial charge < -0.3 is 4.74 Å². The average molecular weight is 403 g/mol. The van der Waals surface area contributed by atoms with E-state index in [0.717, 1.165) is 21.3 Å². The Morgan fingerprint density at radius 3 is 2.79 bits per heavy atom. The monoisotopic (exact) mass is 402 g/mol. The quantitative estimate of drug-likeness (QED) is 0.498. The second-order valence-electron chi connectivity index (χ2n) is 4.92. The molecule has 1 aromatic heterocycles. The molecule has 0 aliphatic carbocycles. The van der Waals surface area contributed by atoms with Crippen LogP contribution in [0.25, 0.3) is 11.4 Å². The first-order valence-electron chi connectivity index (χ1n) is 7.38. The minimum absolute atomic E-state index is 0.437. The van der Waals surface area contributed by atoms with Crippen molar-refractivity contribution in [1.29, 1.82) is 0 Å². The zero-order valence-electron chi connectivity index (χ0n) is 12.9. The second kappa shape index (κ2) is 7.55. The number of hydrogen-bond donors (Lipinski definition) is 1. The van der Waals surface area contributed by atoms with Crippen LogP contribution in [0.4, 0.5) is 0 Å². The maximum atomic E-state index is 5.43. The highest BCUT2D eigenvalue weighted by Gasteiger charge is 2.08. The third kappa shape index (κ3) is 3.80. The highest BCUT2D eigenvalue weighted by atomic mass is 79.9. The van der Waals surface area contributed by atoms with Crippen LogP contribution in [0.2, 0.25) is 0 Å². The highest BCUT2D eigenvalue weighted by molar-refractivity contribution is 9.10. The molecular weight excluding hydrogens is 388 g/mol. The molecule has 0 spiro atoms. The molecule has 2 aromatic carbocycles. The van der Waals surface area contributed by atoms with Crippen molar-refractivity contribution in [2.45, 2.75) is 6.92 Å². The SMILES string of the molecule is CCOc1ccc(/C=N\n2c(-c3cccc(Br)c3)n[nH]c2=S)cc1. The van der Waals surface area contributed by atoms with Crippen molar-refractivity contribution in [3.05, 3.63) is 63.3 Å². The van der Waals surface area contributed by atoms with Crippen molar-refractivity contribution in [2.75, 3.05) is 6.61 Å². The number of aromatic amines is 1. The topological polar surface area (TPSA) is 55.2 Å².